The molecule has 0 bridgehead atoms. The smallest absolute Gasteiger partial charge is 0.282 e. The summed E-state index contributed by atoms with van der Waals surface area (Å²) < 4.78 is 0. The highest BCUT2D eigenvalue weighted by Gasteiger charge is 2.43. The van der Waals surface area contributed by atoms with Crippen molar-refractivity contribution in [2.24, 2.45) is 5.92 Å². The van der Waals surface area contributed by atoms with E-state index in [2.05, 4.69) is 6.92 Å². The molecule has 0 aliphatic carbocycles. The van der Waals surface area contributed by atoms with Crippen LogP contribution in [0.5, 0.6) is 0 Å². The number of benzene rings is 2. The van der Waals surface area contributed by atoms with Gasteiger partial charge in [-0.05, 0) is 43.0 Å². The molecule has 6 heteroatoms. The number of hydrogen-bond acceptors (Lipinski definition) is 3. The van der Waals surface area contributed by atoms with E-state index in [4.69, 9.17) is 23.2 Å². The molecule has 0 spiro atoms. The molecule has 144 valence electrons. The van der Waals surface area contributed by atoms with Crippen LogP contribution in [0.4, 0.5) is 5.69 Å². The summed E-state index contributed by atoms with van der Waals surface area (Å²) in [4.78, 5) is 30.1. The van der Waals surface area contributed by atoms with Crippen molar-refractivity contribution >= 4 is 46.3 Å². The van der Waals surface area contributed by atoms with E-state index < -0.39 is 0 Å². The summed E-state index contributed by atoms with van der Waals surface area (Å²) in [5.41, 5.74) is 1.88. The van der Waals surface area contributed by atoms with Crippen LogP contribution in [0.3, 0.4) is 0 Å². The van der Waals surface area contributed by atoms with E-state index in [1.807, 2.05) is 23.1 Å². The third-order valence-electron chi connectivity index (χ3n) is 5.37. The van der Waals surface area contributed by atoms with Gasteiger partial charge in [0.05, 0.1) is 16.3 Å². The molecule has 0 aromatic heterocycles. The van der Waals surface area contributed by atoms with E-state index in [1.54, 1.807) is 30.3 Å². The zero-order valence-electron chi connectivity index (χ0n) is 15.5. The summed E-state index contributed by atoms with van der Waals surface area (Å²) in [7, 11) is 0. The monoisotopic (exact) mass is 414 g/mol. The highest BCUT2D eigenvalue weighted by Crippen LogP contribution is 2.39. The number of para-hydroxylation sites is 1. The molecule has 2 heterocycles. The van der Waals surface area contributed by atoms with Crippen LogP contribution in [0, 0.1) is 5.92 Å². The molecule has 2 aliphatic heterocycles. The summed E-state index contributed by atoms with van der Waals surface area (Å²) in [6, 6.07) is 14.0. The first-order valence-electron chi connectivity index (χ1n) is 9.36. The molecule has 4 rings (SSSR count). The van der Waals surface area contributed by atoms with Crippen molar-refractivity contribution in [3.05, 3.63) is 69.8 Å². The molecule has 0 N–H and O–H groups in total. The first kappa shape index (κ1) is 19.0. The molecule has 2 amide bonds. The fourth-order valence-corrected chi connectivity index (χ4v) is 4.29. The molecular weight excluding hydrogens is 395 g/mol. The van der Waals surface area contributed by atoms with Crippen LogP contribution in [-0.2, 0) is 9.59 Å². The van der Waals surface area contributed by atoms with Crippen molar-refractivity contribution in [3.63, 3.8) is 0 Å². The van der Waals surface area contributed by atoms with Crippen molar-refractivity contribution in [2.45, 2.75) is 19.8 Å². The number of carbonyl (C=O) groups is 2. The van der Waals surface area contributed by atoms with E-state index in [0.717, 1.165) is 25.9 Å². The SMILES string of the molecule is CC1CCN(C2=C(c3ccc(Cl)cc3Cl)C(=O)N(c3ccccc3)C2=O)CC1. The summed E-state index contributed by atoms with van der Waals surface area (Å²) in [6.07, 6.45) is 1.97. The van der Waals surface area contributed by atoms with Gasteiger partial charge in [-0.25, -0.2) is 4.90 Å². The Labute approximate surface area is 174 Å². The zero-order valence-corrected chi connectivity index (χ0v) is 17.0. The minimum Gasteiger partial charge on any atom is -0.366 e. The lowest BCUT2D eigenvalue weighted by Crippen LogP contribution is -2.38. The van der Waals surface area contributed by atoms with Crippen LogP contribution in [0.15, 0.2) is 54.2 Å². The lowest BCUT2D eigenvalue weighted by molar-refractivity contribution is -0.120. The second kappa shape index (κ2) is 7.61. The van der Waals surface area contributed by atoms with E-state index in [-0.39, 0.29) is 11.8 Å². The van der Waals surface area contributed by atoms with Crippen molar-refractivity contribution in [3.8, 4) is 0 Å². The second-order valence-electron chi connectivity index (χ2n) is 7.30. The van der Waals surface area contributed by atoms with Crippen LogP contribution < -0.4 is 4.90 Å². The predicted molar refractivity (Wildman–Crippen MR) is 112 cm³/mol. The average Bonchev–Trinajstić information content (AvgIpc) is 2.93. The Morgan fingerprint density at radius 2 is 1.61 bits per heavy atom. The topological polar surface area (TPSA) is 40.6 Å². The number of piperidine rings is 1. The molecule has 1 fully saturated rings. The van der Waals surface area contributed by atoms with Gasteiger partial charge in [-0.2, -0.15) is 0 Å². The first-order valence-corrected chi connectivity index (χ1v) is 10.1. The van der Waals surface area contributed by atoms with Crippen molar-refractivity contribution < 1.29 is 9.59 Å². The van der Waals surface area contributed by atoms with Gasteiger partial charge in [-0.1, -0.05) is 54.4 Å². The third-order valence-corrected chi connectivity index (χ3v) is 5.92. The van der Waals surface area contributed by atoms with Crippen LogP contribution in [0.2, 0.25) is 10.0 Å². The average molecular weight is 415 g/mol. The number of carbonyl (C=O) groups excluding carboxylic acids is 2. The van der Waals surface area contributed by atoms with Gasteiger partial charge in [0.2, 0.25) is 0 Å². The zero-order chi connectivity index (χ0) is 19.8. The van der Waals surface area contributed by atoms with Gasteiger partial charge in [0.15, 0.2) is 0 Å². The predicted octanol–water partition coefficient (Wildman–Crippen LogP) is 5.01. The number of halogens is 2. The number of rotatable bonds is 3. The Morgan fingerprint density at radius 3 is 2.25 bits per heavy atom. The van der Waals surface area contributed by atoms with Gasteiger partial charge in [-0.3, -0.25) is 9.59 Å². The maximum Gasteiger partial charge on any atom is 0.282 e. The van der Waals surface area contributed by atoms with Crippen LogP contribution >= 0.6 is 23.2 Å². The molecule has 0 radical (unpaired) electrons. The standard InChI is InChI=1S/C22H20Cl2N2O2/c1-14-9-11-25(12-10-14)20-19(17-8-7-15(23)13-18(17)24)21(27)26(22(20)28)16-5-3-2-4-6-16/h2-8,13-14H,9-12H2,1H3. The maximum atomic E-state index is 13.4. The first-order chi connectivity index (χ1) is 13.5. The van der Waals surface area contributed by atoms with Crippen molar-refractivity contribution in [1.29, 1.82) is 0 Å². The highest BCUT2D eigenvalue weighted by atomic mass is 35.5. The summed E-state index contributed by atoms with van der Waals surface area (Å²) >= 11 is 12.5. The van der Waals surface area contributed by atoms with Crippen LogP contribution in [-0.4, -0.2) is 29.8 Å². The summed E-state index contributed by atoms with van der Waals surface area (Å²) in [5, 5.41) is 0.848. The quantitative estimate of drug-likeness (QED) is 0.662. The lowest BCUT2D eigenvalue weighted by Gasteiger charge is -2.32. The number of likely N-dealkylation sites (tertiary alicyclic amines) is 1. The number of hydrogen-bond donors (Lipinski definition) is 0. The van der Waals surface area contributed by atoms with Gasteiger partial charge >= 0.3 is 0 Å². The highest BCUT2D eigenvalue weighted by molar-refractivity contribution is 6.47. The molecule has 2 aromatic carbocycles. The fraction of sp³-hybridized carbons (Fsp3) is 0.273. The molecule has 0 saturated carbocycles. The maximum absolute atomic E-state index is 13.4. The molecular formula is C22H20Cl2N2O2. The van der Waals surface area contributed by atoms with Gasteiger partial charge in [0.1, 0.15) is 5.70 Å². The number of amides is 2. The molecule has 2 aliphatic rings. The number of imide groups is 1. The number of anilines is 1. The molecule has 1 saturated heterocycles. The minimum absolute atomic E-state index is 0.299. The summed E-state index contributed by atoms with van der Waals surface area (Å²) in [5.74, 6) is -0.0438. The van der Waals surface area contributed by atoms with Crippen molar-refractivity contribution in [2.75, 3.05) is 18.0 Å². The second-order valence-corrected chi connectivity index (χ2v) is 8.14. The molecule has 28 heavy (non-hydrogen) atoms. The molecule has 0 unspecified atom stereocenters. The van der Waals surface area contributed by atoms with Gasteiger partial charge in [-0.15, -0.1) is 0 Å². The van der Waals surface area contributed by atoms with Crippen LogP contribution in [0.25, 0.3) is 5.57 Å². The minimum atomic E-state index is -0.353. The van der Waals surface area contributed by atoms with E-state index >= 15 is 0 Å². The molecule has 2 aromatic rings. The van der Waals surface area contributed by atoms with E-state index in [0.29, 0.717) is 38.5 Å². The Morgan fingerprint density at radius 1 is 0.929 bits per heavy atom. The van der Waals surface area contributed by atoms with E-state index in [9.17, 15) is 9.59 Å². The lowest BCUT2D eigenvalue weighted by atomic mass is 9.97. The third kappa shape index (κ3) is 3.31. The normalized spacial score (nSPS) is 18.4. The van der Waals surface area contributed by atoms with E-state index in [1.165, 1.54) is 4.90 Å². The van der Waals surface area contributed by atoms with Gasteiger partial charge in [0.25, 0.3) is 11.8 Å². The fourth-order valence-electron chi connectivity index (χ4n) is 3.79. The number of nitrogens with zero attached hydrogens (tertiary/aromatic N) is 2. The Balaban J connectivity index is 1.84. The van der Waals surface area contributed by atoms with Crippen molar-refractivity contribution in [1.82, 2.24) is 4.90 Å². The summed E-state index contributed by atoms with van der Waals surface area (Å²) in [6.45, 7) is 3.69. The largest absolute Gasteiger partial charge is 0.366 e. The van der Waals surface area contributed by atoms with Crippen LogP contribution in [0.1, 0.15) is 25.3 Å². The molecule has 0 atom stereocenters. The molecule has 4 nitrogen and oxygen atoms in total. The van der Waals surface area contributed by atoms with Gasteiger partial charge < -0.3 is 4.90 Å². The Hall–Kier alpha value is -2.30. The Kier molecular flexibility index (Phi) is 5.17. The van der Waals surface area contributed by atoms with Gasteiger partial charge in [0, 0.05) is 23.7 Å². The Bertz CT molecular complexity index is 964.